The molecule has 1 atom stereocenters. The lowest BCUT2D eigenvalue weighted by atomic mass is 9.94. The minimum absolute atomic E-state index is 0.114. The van der Waals surface area contributed by atoms with Gasteiger partial charge >= 0.3 is 18.6 Å². The van der Waals surface area contributed by atoms with Crippen LogP contribution in [0, 0.1) is 0 Å². The van der Waals surface area contributed by atoms with Crippen molar-refractivity contribution < 1.29 is 27.8 Å². The van der Waals surface area contributed by atoms with Gasteiger partial charge in [-0.25, -0.2) is 9.59 Å². The summed E-state index contributed by atoms with van der Waals surface area (Å²) < 4.78 is 34.8. The molecular formula is C16H18F2N2O4. The van der Waals surface area contributed by atoms with Gasteiger partial charge in [-0.15, -0.1) is 0 Å². The number of hydrogen-bond donors (Lipinski definition) is 1. The van der Waals surface area contributed by atoms with Gasteiger partial charge in [-0.05, 0) is 19.9 Å². The predicted molar refractivity (Wildman–Crippen MR) is 81.4 cm³/mol. The van der Waals surface area contributed by atoms with Gasteiger partial charge in [0, 0.05) is 18.3 Å². The van der Waals surface area contributed by atoms with Gasteiger partial charge in [0.2, 0.25) is 0 Å². The molecule has 2 rings (SSSR count). The smallest absolute Gasteiger partial charge is 0.387 e. The second-order valence-corrected chi connectivity index (χ2v) is 5.08. The summed E-state index contributed by atoms with van der Waals surface area (Å²) in [6.07, 6.45) is 0. The summed E-state index contributed by atoms with van der Waals surface area (Å²) in [6.45, 7) is 0.371. The van der Waals surface area contributed by atoms with E-state index in [0.29, 0.717) is 5.70 Å². The van der Waals surface area contributed by atoms with Crippen LogP contribution in [0.15, 0.2) is 35.5 Å². The van der Waals surface area contributed by atoms with Crippen LogP contribution in [0.25, 0.3) is 0 Å². The van der Waals surface area contributed by atoms with E-state index in [0.717, 1.165) is 0 Å². The van der Waals surface area contributed by atoms with Crippen LogP contribution in [0.3, 0.4) is 0 Å². The number of ether oxygens (including phenoxy) is 2. The molecule has 1 aromatic carbocycles. The predicted octanol–water partition coefficient (Wildman–Crippen LogP) is 2.82. The zero-order chi connectivity index (χ0) is 17.9. The second-order valence-electron chi connectivity index (χ2n) is 5.08. The molecule has 0 spiro atoms. The number of hydrogen-bond acceptors (Lipinski definition) is 4. The van der Waals surface area contributed by atoms with Crippen molar-refractivity contribution in [3.8, 4) is 5.75 Å². The normalized spacial score (nSPS) is 17.8. The van der Waals surface area contributed by atoms with Gasteiger partial charge in [-0.2, -0.15) is 8.78 Å². The zero-order valence-corrected chi connectivity index (χ0v) is 13.5. The lowest BCUT2D eigenvalue weighted by molar-refractivity contribution is -0.139. The Labute approximate surface area is 138 Å². The Morgan fingerprint density at radius 2 is 2.04 bits per heavy atom. The van der Waals surface area contributed by atoms with E-state index in [1.54, 1.807) is 19.9 Å². The van der Waals surface area contributed by atoms with E-state index in [4.69, 9.17) is 4.74 Å². The number of nitrogens with one attached hydrogen (secondary N) is 1. The number of allylic oxidation sites excluding steroid dienone is 1. The maximum Gasteiger partial charge on any atom is 0.387 e. The molecule has 24 heavy (non-hydrogen) atoms. The van der Waals surface area contributed by atoms with Crippen LogP contribution in [0.4, 0.5) is 13.6 Å². The summed E-state index contributed by atoms with van der Waals surface area (Å²) in [4.78, 5) is 25.7. The number of carbonyl (C=O) groups is 2. The summed E-state index contributed by atoms with van der Waals surface area (Å²) in [7, 11) is 1.50. The molecule has 0 radical (unpaired) electrons. The molecule has 6 nitrogen and oxygen atoms in total. The molecule has 1 heterocycles. The van der Waals surface area contributed by atoms with Crippen LogP contribution in [0.2, 0.25) is 0 Å². The van der Waals surface area contributed by atoms with Crippen molar-refractivity contribution in [1.29, 1.82) is 0 Å². The summed E-state index contributed by atoms with van der Waals surface area (Å²) in [5, 5.41) is 2.62. The monoisotopic (exact) mass is 340 g/mol. The van der Waals surface area contributed by atoms with Crippen LogP contribution in [-0.2, 0) is 9.53 Å². The van der Waals surface area contributed by atoms with Crippen molar-refractivity contribution in [3.63, 3.8) is 0 Å². The topological polar surface area (TPSA) is 67.9 Å². The quantitative estimate of drug-likeness (QED) is 0.837. The average Bonchev–Trinajstić information content (AvgIpc) is 2.52. The number of carbonyl (C=O) groups excluding carboxylic acids is 2. The standard InChI is InChI=1S/C16H18F2N2O4/c1-4-23-14(21)12-9(2)20(3)16(22)19-13(12)10-7-5-6-8-11(10)24-15(17)18/h5-8,13,15H,4H2,1-3H3,(H,19,22)/t13-/m0/s1. The molecule has 130 valence electrons. The lowest BCUT2D eigenvalue weighted by Gasteiger charge is -2.33. The van der Waals surface area contributed by atoms with Crippen LogP contribution in [-0.4, -0.2) is 37.2 Å². The highest BCUT2D eigenvalue weighted by Gasteiger charge is 2.36. The third-order valence-electron chi connectivity index (χ3n) is 3.70. The third kappa shape index (κ3) is 3.47. The highest BCUT2D eigenvalue weighted by molar-refractivity contribution is 5.95. The SMILES string of the molecule is CCOC(=O)C1=C(C)N(C)C(=O)N[C@H]1c1ccccc1OC(F)F. The van der Waals surface area contributed by atoms with Gasteiger partial charge in [0.05, 0.1) is 18.2 Å². The van der Waals surface area contributed by atoms with Crippen LogP contribution >= 0.6 is 0 Å². The molecular weight excluding hydrogens is 322 g/mol. The van der Waals surface area contributed by atoms with Crippen LogP contribution in [0.5, 0.6) is 5.75 Å². The van der Waals surface area contributed by atoms with E-state index in [2.05, 4.69) is 10.1 Å². The molecule has 0 saturated carbocycles. The molecule has 0 aliphatic carbocycles. The van der Waals surface area contributed by atoms with E-state index in [-0.39, 0.29) is 23.5 Å². The number of nitrogens with zero attached hydrogens (tertiary/aromatic N) is 1. The Balaban J connectivity index is 2.54. The summed E-state index contributed by atoms with van der Waals surface area (Å²) >= 11 is 0. The Morgan fingerprint density at radius 1 is 1.38 bits per heavy atom. The van der Waals surface area contributed by atoms with Crippen LogP contribution < -0.4 is 10.1 Å². The molecule has 0 unspecified atom stereocenters. The Hall–Kier alpha value is -2.64. The Kier molecular flexibility index (Phi) is 5.38. The first-order valence-electron chi connectivity index (χ1n) is 7.32. The number of esters is 1. The average molecular weight is 340 g/mol. The molecule has 1 aromatic rings. The van der Waals surface area contributed by atoms with Gasteiger partial charge in [0.25, 0.3) is 0 Å². The van der Waals surface area contributed by atoms with Gasteiger partial charge in [-0.3, -0.25) is 0 Å². The maximum atomic E-state index is 12.6. The molecule has 0 fully saturated rings. The second kappa shape index (κ2) is 7.29. The fourth-order valence-corrected chi connectivity index (χ4v) is 2.46. The molecule has 1 aliphatic heterocycles. The van der Waals surface area contributed by atoms with E-state index < -0.39 is 24.7 Å². The molecule has 0 aromatic heterocycles. The van der Waals surface area contributed by atoms with Crippen molar-refractivity contribution in [1.82, 2.24) is 10.2 Å². The highest BCUT2D eigenvalue weighted by Crippen LogP contribution is 2.35. The summed E-state index contributed by atoms with van der Waals surface area (Å²) in [5.41, 5.74) is 0.806. The lowest BCUT2D eigenvalue weighted by Crippen LogP contribution is -2.46. The molecule has 0 bridgehead atoms. The van der Waals surface area contributed by atoms with Crippen molar-refractivity contribution >= 4 is 12.0 Å². The van der Waals surface area contributed by atoms with Gasteiger partial charge < -0.3 is 19.7 Å². The Bertz CT molecular complexity index is 676. The third-order valence-corrected chi connectivity index (χ3v) is 3.70. The van der Waals surface area contributed by atoms with Gasteiger partial charge in [0.1, 0.15) is 5.75 Å². The number of para-hydroxylation sites is 1. The number of benzene rings is 1. The molecule has 1 aliphatic rings. The van der Waals surface area contributed by atoms with Crippen molar-refractivity contribution in [2.45, 2.75) is 26.5 Å². The zero-order valence-electron chi connectivity index (χ0n) is 13.5. The van der Waals surface area contributed by atoms with E-state index in [9.17, 15) is 18.4 Å². The minimum atomic E-state index is -3.02. The van der Waals surface area contributed by atoms with E-state index >= 15 is 0 Å². The maximum absolute atomic E-state index is 12.6. The molecule has 8 heteroatoms. The van der Waals surface area contributed by atoms with Crippen molar-refractivity contribution in [3.05, 3.63) is 41.1 Å². The number of amides is 2. The molecule has 0 saturated heterocycles. The van der Waals surface area contributed by atoms with E-state index in [1.165, 1.54) is 30.1 Å². The van der Waals surface area contributed by atoms with Crippen molar-refractivity contribution in [2.75, 3.05) is 13.7 Å². The number of urea groups is 1. The fourth-order valence-electron chi connectivity index (χ4n) is 2.46. The summed E-state index contributed by atoms with van der Waals surface area (Å²) in [6, 6.07) is 4.60. The number of rotatable bonds is 5. The van der Waals surface area contributed by atoms with Gasteiger partial charge in [0.15, 0.2) is 0 Å². The number of halogens is 2. The first-order valence-corrected chi connectivity index (χ1v) is 7.32. The number of alkyl halides is 2. The van der Waals surface area contributed by atoms with E-state index in [1.807, 2.05) is 0 Å². The van der Waals surface area contributed by atoms with Gasteiger partial charge in [-0.1, -0.05) is 18.2 Å². The fraction of sp³-hybridized carbons (Fsp3) is 0.375. The highest BCUT2D eigenvalue weighted by atomic mass is 19.3. The molecule has 1 N–H and O–H groups in total. The van der Waals surface area contributed by atoms with Crippen LogP contribution in [0.1, 0.15) is 25.5 Å². The minimum Gasteiger partial charge on any atom is -0.463 e. The first kappa shape index (κ1) is 17.7. The molecule has 2 amide bonds. The Morgan fingerprint density at radius 3 is 2.67 bits per heavy atom. The largest absolute Gasteiger partial charge is 0.463 e. The van der Waals surface area contributed by atoms with Crippen molar-refractivity contribution in [2.24, 2.45) is 0 Å². The first-order chi connectivity index (χ1) is 11.4. The summed E-state index contributed by atoms with van der Waals surface area (Å²) in [5.74, 6) is -0.740.